The van der Waals surface area contributed by atoms with E-state index < -0.39 is 29.5 Å². The summed E-state index contributed by atoms with van der Waals surface area (Å²) in [6, 6.07) is 5.87. The largest absolute Gasteiger partial charge is 0.378 e. The van der Waals surface area contributed by atoms with Crippen molar-refractivity contribution in [3.05, 3.63) is 77.9 Å². The number of aliphatic hydroxyl groups is 1. The number of hydrogen-bond acceptors (Lipinski definition) is 5. The molecule has 29 heavy (non-hydrogen) atoms. The molecular formula is C19H13F3N6O. The van der Waals surface area contributed by atoms with Gasteiger partial charge in [0.05, 0.1) is 30.0 Å². The van der Waals surface area contributed by atoms with Crippen molar-refractivity contribution in [2.75, 3.05) is 0 Å². The lowest BCUT2D eigenvalue weighted by molar-refractivity contribution is -0.198. The van der Waals surface area contributed by atoms with Gasteiger partial charge in [0, 0.05) is 18.2 Å². The zero-order valence-electron chi connectivity index (χ0n) is 14.7. The van der Waals surface area contributed by atoms with Crippen molar-refractivity contribution >= 4 is 0 Å². The number of aromatic nitrogens is 6. The standard InChI is InChI=1S/C19H13F3N6O/c20-11-1-3-15-13(7-11)14-10-25-26-16(14)8-18(15,29)19(21,22)17-4-2-12(9-23-17)28-6-5-24-27-28/h1-7,9-10,29H,8H2,(H,25,26). The first-order valence-electron chi connectivity index (χ1n) is 8.66. The Hall–Kier alpha value is -3.53. The number of benzene rings is 1. The number of pyridine rings is 1. The average Bonchev–Trinajstić information content (AvgIpc) is 3.40. The minimum absolute atomic E-state index is 0.0834. The molecule has 1 aliphatic carbocycles. The molecule has 10 heteroatoms. The Kier molecular flexibility index (Phi) is 3.62. The van der Waals surface area contributed by atoms with E-state index in [-0.39, 0.29) is 16.8 Å². The van der Waals surface area contributed by atoms with Gasteiger partial charge in [0.15, 0.2) is 5.60 Å². The number of H-pyrrole nitrogens is 1. The molecule has 0 bridgehead atoms. The number of aromatic amines is 1. The molecule has 0 spiro atoms. The molecule has 0 fully saturated rings. The maximum atomic E-state index is 15.6. The van der Waals surface area contributed by atoms with E-state index in [2.05, 4.69) is 25.5 Å². The Labute approximate surface area is 161 Å². The second-order valence-electron chi connectivity index (χ2n) is 6.80. The maximum absolute atomic E-state index is 15.6. The van der Waals surface area contributed by atoms with Gasteiger partial charge in [-0.2, -0.15) is 13.9 Å². The normalized spacial score (nSPS) is 18.3. The van der Waals surface area contributed by atoms with Gasteiger partial charge in [-0.25, -0.2) is 9.07 Å². The van der Waals surface area contributed by atoms with Crippen LogP contribution in [0.4, 0.5) is 13.2 Å². The van der Waals surface area contributed by atoms with Gasteiger partial charge in [0.25, 0.3) is 0 Å². The summed E-state index contributed by atoms with van der Waals surface area (Å²) in [4.78, 5) is 3.86. The van der Waals surface area contributed by atoms with Crippen LogP contribution in [0.5, 0.6) is 0 Å². The van der Waals surface area contributed by atoms with Crippen LogP contribution in [0, 0.1) is 5.82 Å². The SMILES string of the molecule is OC1(C(F)(F)c2ccc(-n3ccnn3)cn2)Cc2n[nH]cc2-c2cc(F)ccc21. The summed E-state index contributed by atoms with van der Waals surface area (Å²) >= 11 is 0. The molecular weight excluding hydrogens is 385 g/mol. The first kappa shape index (κ1) is 17.6. The van der Waals surface area contributed by atoms with Crippen molar-refractivity contribution in [2.24, 2.45) is 0 Å². The zero-order valence-corrected chi connectivity index (χ0v) is 14.7. The van der Waals surface area contributed by atoms with Crippen LogP contribution in [0.2, 0.25) is 0 Å². The molecule has 1 unspecified atom stereocenters. The van der Waals surface area contributed by atoms with Gasteiger partial charge in [0.1, 0.15) is 11.5 Å². The molecule has 0 saturated heterocycles. The van der Waals surface area contributed by atoms with Gasteiger partial charge >= 0.3 is 5.92 Å². The van der Waals surface area contributed by atoms with Crippen LogP contribution in [-0.2, 0) is 17.9 Å². The maximum Gasteiger partial charge on any atom is 0.322 e. The molecule has 4 aromatic rings. The fourth-order valence-electron chi connectivity index (χ4n) is 3.67. The predicted octanol–water partition coefficient (Wildman–Crippen LogP) is 2.73. The van der Waals surface area contributed by atoms with Crippen LogP contribution < -0.4 is 0 Å². The van der Waals surface area contributed by atoms with Gasteiger partial charge in [0.2, 0.25) is 0 Å². The fourth-order valence-corrected chi connectivity index (χ4v) is 3.67. The van der Waals surface area contributed by atoms with E-state index in [0.29, 0.717) is 11.3 Å². The zero-order chi connectivity index (χ0) is 20.2. The van der Waals surface area contributed by atoms with Crippen LogP contribution in [0.1, 0.15) is 17.0 Å². The van der Waals surface area contributed by atoms with Crippen LogP contribution in [0.25, 0.3) is 16.8 Å². The van der Waals surface area contributed by atoms with Gasteiger partial charge in [-0.1, -0.05) is 11.3 Å². The summed E-state index contributed by atoms with van der Waals surface area (Å²) in [5.41, 5.74) is -2.05. The Balaban J connectivity index is 1.62. The highest BCUT2D eigenvalue weighted by Crippen LogP contribution is 2.52. The van der Waals surface area contributed by atoms with Gasteiger partial charge in [-0.05, 0) is 35.4 Å². The molecule has 146 valence electrons. The smallest absolute Gasteiger partial charge is 0.322 e. The van der Waals surface area contributed by atoms with Crippen molar-refractivity contribution in [1.29, 1.82) is 0 Å². The highest BCUT2D eigenvalue weighted by Gasteiger charge is 2.59. The van der Waals surface area contributed by atoms with Crippen molar-refractivity contribution in [2.45, 2.75) is 17.9 Å². The fraction of sp³-hybridized carbons (Fsp3) is 0.158. The summed E-state index contributed by atoms with van der Waals surface area (Å²) in [6.45, 7) is 0. The monoisotopic (exact) mass is 398 g/mol. The number of hydrogen-bond donors (Lipinski definition) is 2. The quantitative estimate of drug-likeness (QED) is 0.554. The minimum Gasteiger partial charge on any atom is -0.378 e. The van der Waals surface area contributed by atoms with Crippen molar-refractivity contribution in [1.82, 2.24) is 30.2 Å². The summed E-state index contributed by atoms with van der Waals surface area (Å²) in [7, 11) is 0. The highest BCUT2D eigenvalue weighted by atomic mass is 19.3. The summed E-state index contributed by atoms with van der Waals surface area (Å²) < 4.78 is 46.4. The molecule has 1 aromatic carbocycles. The molecule has 7 nitrogen and oxygen atoms in total. The third-order valence-corrected chi connectivity index (χ3v) is 5.14. The van der Waals surface area contributed by atoms with E-state index in [4.69, 9.17) is 0 Å². The third kappa shape index (κ3) is 2.49. The Morgan fingerprint density at radius 2 is 2.03 bits per heavy atom. The van der Waals surface area contributed by atoms with Crippen molar-refractivity contribution in [3.63, 3.8) is 0 Å². The van der Waals surface area contributed by atoms with E-state index in [1.165, 1.54) is 35.4 Å². The lowest BCUT2D eigenvalue weighted by Crippen LogP contribution is -2.47. The third-order valence-electron chi connectivity index (χ3n) is 5.14. The van der Waals surface area contributed by atoms with E-state index >= 15 is 8.78 Å². The molecule has 0 aliphatic heterocycles. The van der Waals surface area contributed by atoms with E-state index in [9.17, 15) is 9.50 Å². The summed E-state index contributed by atoms with van der Waals surface area (Å²) in [6.07, 6.45) is 5.26. The highest BCUT2D eigenvalue weighted by molar-refractivity contribution is 5.73. The topological polar surface area (TPSA) is 92.5 Å². The van der Waals surface area contributed by atoms with Gasteiger partial charge in [-0.3, -0.25) is 10.1 Å². The average molecular weight is 398 g/mol. The predicted molar refractivity (Wildman–Crippen MR) is 94.6 cm³/mol. The number of nitrogens with one attached hydrogen (secondary N) is 1. The molecule has 3 aromatic heterocycles. The molecule has 0 radical (unpaired) electrons. The minimum atomic E-state index is -3.78. The van der Waals surface area contributed by atoms with E-state index in [0.717, 1.165) is 18.2 Å². The molecule has 2 N–H and O–H groups in total. The van der Waals surface area contributed by atoms with Gasteiger partial charge in [-0.15, -0.1) is 5.10 Å². The molecule has 0 amide bonds. The van der Waals surface area contributed by atoms with Crippen LogP contribution in [0.15, 0.2) is 55.1 Å². The molecule has 5 rings (SSSR count). The van der Waals surface area contributed by atoms with E-state index in [1.54, 1.807) is 6.20 Å². The molecule has 1 aliphatic rings. The van der Waals surface area contributed by atoms with Crippen molar-refractivity contribution in [3.8, 4) is 16.8 Å². The van der Waals surface area contributed by atoms with Crippen molar-refractivity contribution < 1.29 is 18.3 Å². The lowest BCUT2D eigenvalue weighted by atomic mass is 9.73. The number of nitrogens with zero attached hydrogens (tertiary/aromatic N) is 5. The molecule has 1 atom stereocenters. The lowest BCUT2D eigenvalue weighted by Gasteiger charge is -2.39. The Morgan fingerprint density at radius 1 is 1.17 bits per heavy atom. The first-order valence-corrected chi connectivity index (χ1v) is 8.66. The second-order valence-corrected chi connectivity index (χ2v) is 6.80. The first-order chi connectivity index (χ1) is 13.9. The summed E-state index contributed by atoms with van der Waals surface area (Å²) in [5, 5.41) is 25.2. The van der Waals surface area contributed by atoms with Crippen LogP contribution in [0.3, 0.4) is 0 Å². The Morgan fingerprint density at radius 3 is 2.76 bits per heavy atom. The van der Waals surface area contributed by atoms with Gasteiger partial charge < -0.3 is 5.11 Å². The number of fused-ring (bicyclic) bond motifs is 3. The molecule has 3 heterocycles. The summed E-state index contributed by atoms with van der Waals surface area (Å²) in [5.74, 6) is -4.38. The second kappa shape index (κ2) is 5.98. The van der Waals surface area contributed by atoms with E-state index in [1.807, 2.05) is 0 Å². The van der Waals surface area contributed by atoms with Crippen LogP contribution >= 0.6 is 0 Å². The number of rotatable bonds is 3. The molecule has 0 saturated carbocycles. The number of alkyl halides is 2. The van der Waals surface area contributed by atoms with Crippen LogP contribution in [-0.4, -0.2) is 35.3 Å². The Bertz CT molecular complexity index is 1190. The number of halogens is 3.